The summed E-state index contributed by atoms with van der Waals surface area (Å²) in [5.74, 6) is 1.93. The van der Waals surface area contributed by atoms with E-state index < -0.39 is 0 Å². The van der Waals surface area contributed by atoms with Gasteiger partial charge in [-0.3, -0.25) is 4.99 Å². The van der Waals surface area contributed by atoms with Gasteiger partial charge in [-0.15, -0.1) is 24.0 Å². The number of pyridine rings is 1. The predicted octanol–water partition coefficient (Wildman–Crippen LogP) is 3.43. The van der Waals surface area contributed by atoms with Crippen LogP contribution in [0.15, 0.2) is 41.5 Å². The van der Waals surface area contributed by atoms with Crippen molar-refractivity contribution in [1.29, 1.82) is 0 Å². The average Bonchev–Trinajstić information content (AvgIpc) is 2.70. The lowest BCUT2D eigenvalue weighted by Gasteiger charge is -2.15. The fraction of sp³-hybridized carbons (Fsp3) is 0.400. The molecular formula is C20H28ClIN4O3. The Bertz CT molecular complexity index is 777. The number of guanidine groups is 1. The van der Waals surface area contributed by atoms with Crippen LogP contribution < -0.4 is 20.1 Å². The molecule has 0 aliphatic rings. The summed E-state index contributed by atoms with van der Waals surface area (Å²) >= 11 is 6.02. The summed E-state index contributed by atoms with van der Waals surface area (Å²) in [5.41, 5.74) is 2.19. The van der Waals surface area contributed by atoms with Gasteiger partial charge in [0.05, 0.1) is 13.2 Å². The Labute approximate surface area is 194 Å². The lowest BCUT2D eigenvalue weighted by atomic mass is 10.1. The van der Waals surface area contributed by atoms with E-state index >= 15 is 0 Å². The molecule has 1 heterocycles. The second kappa shape index (κ2) is 14.2. The van der Waals surface area contributed by atoms with Crippen LogP contribution >= 0.6 is 35.6 Å². The summed E-state index contributed by atoms with van der Waals surface area (Å²) in [6, 6.07) is 9.63. The number of rotatable bonds is 10. The zero-order valence-electron chi connectivity index (χ0n) is 16.9. The Hall–Kier alpha value is -1.78. The Morgan fingerprint density at radius 1 is 1.14 bits per heavy atom. The van der Waals surface area contributed by atoms with Crippen molar-refractivity contribution < 1.29 is 14.2 Å². The Balaban J connectivity index is 0.00000420. The lowest BCUT2D eigenvalue weighted by molar-refractivity contribution is 0.145. The van der Waals surface area contributed by atoms with Crippen LogP contribution in [-0.4, -0.2) is 51.5 Å². The van der Waals surface area contributed by atoms with E-state index in [-0.39, 0.29) is 24.0 Å². The summed E-state index contributed by atoms with van der Waals surface area (Å²) in [6.07, 6.45) is 1.64. The molecule has 1 aromatic carbocycles. The van der Waals surface area contributed by atoms with E-state index in [1.165, 1.54) is 0 Å². The summed E-state index contributed by atoms with van der Waals surface area (Å²) < 4.78 is 16.4. The summed E-state index contributed by atoms with van der Waals surface area (Å²) in [7, 11) is 3.38. The molecule has 2 aromatic rings. The van der Waals surface area contributed by atoms with E-state index in [9.17, 15) is 0 Å². The third-order valence-electron chi connectivity index (χ3n) is 3.80. The third-order valence-corrected chi connectivity index (χ3v) is 4.08. The van der Waals surface area contributed by atoms with Crippen molar-refractivity contribution in [1.82, 2.24) is 15.6 Å². The zero-order chi connectivity index (χ0) is 20.2. The first-order valence-electron chi connectivity index (χ1n) is 9.03. The van der Waals surface area contributed by atoms with Gasteiger partial charge in [0, 0.05) is 32.5 Å². The largest absolute Gasteiger partial charge is 0.491 e. The Morgan fingerprint density at radius 2 is 1.97 bits per heavy atom. The minimum atomic E-state index is 0. The van der Waals surface area contributed by atoms with Gasteiger partial charge in [0.1, 0.15) is 24.0 Å². The molecule has 0 aliphatic carbocycles. The molecule has 0 saturated carbocycles. The minimum absolute atomic E-state index is 0. The summed E-state index contributed by atoms with van der Waals surface area (Å²) in [4.78, 5) is 8.31. The average molecular weight is 535 g/mol. The van der Waals surface area contributed by atoms with E-state index in [0.29, 0.717) is 49.8 Å². The molecule has 0 spiro atoms. The molecule has 29 heavy (non-hydrogen) atoms. The van der Waals surface area contributed by atoms with Crippen LogP contribution in [-0.2, 0) is 11.3 Å². The first-order chi connectivity index (χ1) is 13.6. The second-order valence-electron chi connectivity index (χ2n) is 5.94. The van der Waals surface area contributed by atoms with Crippen molar-refractivity contribution in [3.63, 3.8) is 0 Å². The predicted molar refractivity (Wildman–Crippen MR) is 127 cm³/mol. The maximum atomic E-state index is 6.02. The lowest BCUT2D eigenvalue weighted by Crippen LogP contribution is -2.39. The van der Waals surface area contributed by atoms with Crippen LogP contribution in [0.2, 0.25) is 5.02 Å². The molecule has 7 nitrogen and oxygen atoms in total. The van der Waals surface area contributed by atoms with Crippen LogP contribution in [0, 0.1) is 6.92 Å². The van der Waals surface area contributed by atoms with Gasteiger partial charge < -0.3 is 24.8 Å². The van der Waals surface area contributed by atoms with Gasteiger partial charge in [-0.05, 0) is 30.7 Å². The molecule has 160 valence electrons. The third kappa shape index (κ3) is 9.05. The van der Waals surface area contributed by atoms with E-state index in [4.69, 9.17) is 25.8 Å². The zero-order valence-corrected chi connectivity index (χ0v) is 20.0. The molecule has 9 heteroatoms. The van der Waals surface area contributed by atoms with Crippen LogP contribution in [0.25, 0.3) is 0 Å². The van der Waals surface area contributed by atoms with E-state index in [0.717, 1.165) is 16.9 Å². The number of methoxy groups -OCH3 is 1. The number of ether oxygens (including phenoxy) is 3. The Morgan fingerprint density at radius 3 is 2.69 bits per heavy atom. The highest BCUT2D eigenvalue weighted by molar-refractivity contribution is 14.0. The van der Waals surface area contributed by atoms with Crippen molar-refractivity contribution in [3.8, 4) is 11.6 Å². The van der Waals surface area contributed by atoms with Gasteiger partial charge in [0.2, 0.25) is 5.88 Å². The fourth-order valence-corrected chi connectivity index (χ4v) is 2.55. The number of aliphatic imine (C=N–C) groups is 1. The number of benzene rings is 1. The summed E-state index contributed by atoms with van der Waals surface area (Å²) in [6.45, 7) is 4.63. The molecule has 1 aromatic heterocycles. The van der Waals surface area contributed by atoms with Gasteiger partial charge in [0.15, 0.2) is 5.96 Å². The smallest absolute Gasteiger partial charge is 0.232 e. The normalized spacial score (nSPS) is 10.8. The number of aromatic nitrogens is 1. The maximum absolute atomic E-state index is 6.02. The van der Waals surface area contributed by atoms with E-state index in [1.54, 1.807) is 32.5 Å². The number of nitrogens with one attached hydrogen (secondary N) is 2. The highest BCUT2D eigenvalue weighted by atomic mass is 127. The van der Waals surface area contributed by atoms with E-state index in [2.05, 4.69) is 26.7 Å². The van der Waals surface area contributed by atoms with E-state index in [1.807, 2.05) is 19.1 Å². The van der Waals surface area contributed by atoms with Crippen molar-refractivity contribution in [2.75, 3.05) is 40.5 Å². The van der Waals surface area contributed by atoms with Crippen LogP contribution in [0.1, 0.15) is 11.1 Å². The van der Waals surface area contributed by atoms with Gasteiger partial charge in [-0.2, -0.15) is 0 Å². The second-order valence-corrected chi connectivity index (χ2v) is 6.35. The van der Waals surface area contributed by atoms with Crippen molar-refractivity contribution in [2.24, 2.45) is 4.99 Å². The van der Waals surface area contributed by atoms with Crippen LogP contribution in [0.5, 0.6) is 11.6 Å². The molecule has 0 saturated heterocycles. The molecule has 0 fully saturated rings. The fourth-order valence-electron chi connectivity index (χ4n) is 2.37. The number of hydrogen-bond acceptors (Lipinski definition) is 5. The van der Waals surface area contributed by atoms with Gasteiger partial charge in [0.25, 0.3) is 0 Å². The molecule has 0 amide bonds. The van der Waals surface area contributed by atoms with Crippen LogP contribution in [0.3, 0.4) is 0 Å². The molecule has 0 bridgehead atoms. The number of halogens is 2. The molecule has 0 radical (unpaired) electrons. The number of nitrogens with zero attached hydrogens (tertiary/aromatic N) is 2. The molecule has 0 aliphatic heterocycles. The standard InChI is InChI=1S/C20H27ClN4O3.HI/c1-15-6-7-16(18(13-15)27-12-11-26-3)14-25-20(22-2)24-9-10-28-19-17(21)5-4-8-23-19;/h4-8,13H,9-12,14H2,1-3H3,(H2,22,24,25);1H. The SMILES string of the molecule is CN=C(NCCOc1ncccc1Cl)NCc1ccc(C)cc1OCCOC.I. The van der Waals surface area contributed by atoms with Gasteiger partial charge in [-0.25, -0.2) is 4.98 Å². The number of hydrogen-bond donors (Lipinski definition) is 2. The molecule has 0 unspecified atom stereocenters. The maximum Gasteiger partial charge on any atom is 0.232 e. The Kier molecular flexibility index (Phi) is 12.4. The molecule has 0 atom stereocenters. The van der Waals surface area contributed by atoms with Crippen molar-refractivity contribution in [2.45, 2.75) is 13.5 Å². The topological polar surface area (TPSA) is 77.0 Å². The number of aryl methyl sites for hydroxylation is 1. The van der Waals surface area contributed by atoms with Crippen molar-refractivity contribution in [3.05, 3.63) is 52.7 Å². The van der Waals surface area contributed by atoms with Crippen LogP contribution in [0.4, 0.5) is 0 Å². The monoisotopic (exact) mass is 534 g/mol. The highest BCUT2D eigenvalue weighted by Crippen LogP contribution is 2.20. The van der Waals surface area contributed by atoms with Crippen molar-refractivity contribution >= 4 is 41.5 Å². The quantitative estimate of drug-likeness (QED) is 0.211. The highest BCUT2D eigenvalue weighted by Gasteiger charge is 2.06. The molecule has 2 N–H and O–H groups in total. The first-order valence-corrected chi connectivity index (χ1v) is 9.41. The molecule has 2 rings (SSSR count). The summed E-state index contributed by atoms with van der Waals surface area (Å²) in [5, 5.41) is 6.96. The van der Waals surface area contributed by atoms with Gasteiger partial charge >= 0.3 is 0 Å². The molecular weight excluding hydrogens is 507 g/mol. The van der Waals surface area contributed by atoms with Gasteiger partial charge in [-0.1, -0.05) is 23.7 Å². The minimum Gasteiger partial charge on any atom is -0.491 e. The first kappa shape index (κ1) is 25.3.